The van der Waals surface area contributed by atoms with Crippen LogP contribution in [0.15, 0.2) is 57.6 Å². The predicted octanol–water partition coefficient (Wildman–Crippen LogP) is 3.06. The number of nitrogens with zero attached hydrogens (tertiary/aromatic N) is 1. The molecule has 0 aliphatic carbocycles. The highest BCUT2D eigenvalue weighted by atomic mass is 79.9. The summed E-state index contributed by atoms with van der Waals surface area (Å²) in [6.45, 7) is -0.198. The highest BCUT2D eigenvalue weighted by Gasteiger charge is 2.12. The summed E-state index contributed by atoms with van der Waals surface area (Å²) in [5, 5.41) is 3.45. The molecule has 0 fully saturated rings. The van der Waals surface area contributed by atoms with Crippen LogP contribution in [-0.2, 0) is 16.1 Å². The van der Waals surface area contributed by atoms with Crippen LogP contribution < -0.4 is 5.32 Å². The van der Waals surface area contributed by atoms with E-state index >= 15 is 0 Å². The zero-order chi connectivity index (χ0) is 16.9. The molecule has 3 aromatic rings. The quantitative estimate of drug-likeness (QED) is 0.679. The number of carbonyl (C=O) groups excluding carboxylic acids is 2. The van der Waals surface area contributed by atoms with Crippen LogP contribution in [0.1, 0.15) is 16.2 Å². The first kappa shape index (κ1) is 16.2. The van der Waals surface area contributed by atoms with Gasteiger partial charge in [-0.15, -0.1) is 0 Å². The molecule has 0 bridgehead atoms. The molecule has 1 aromatic carbocycles. The van der Waals surface area contributed by atoms with Gasteiger partial charge in [-0.3, -0.25) is 9.59 Å². The van der Waals surface area contributed by atoms with Gasteiger partial charge in [-0.2, -0.15) is 0 Å². The van der Waals surface area contributed by atoms with Gasteiger partial charge in [0.05, 0.1) is 11.2 Å². The lowest BCUT2D eigenvalue weighted by molar-refractivity contribution is -0.143. The average Bonchev–Trinajstić information content (AvgIpc) is 3.04. The number of hydrogen-bond donors (Lipinski definition) is 1. The van der Waals surface area contributed by atoms with Gasteiger partial charge in [0.25, 0.3) is 5.91 Å². The number of carbonyl (C=O) groups is 2. The van der Waals surface area contributed by atoms with Gasteiger partial charge in [0, 0.05) is 5.39 Å². The number of benzene rings is 1. The van der Waals surface area contributed by atoms with Gasteiger partial charge in [-0.25, -0.2) is 4.98 Å². The molecular formula is C17H13BrN2O4. The van der Waals surface area contributed by atoms with Crippen molar-refractivity contribution in [3.05, 3.63) is 64.7 Å². The van der Waals surface area contributed by atoms with Crippen LogP contribution in [0.25, 0.3) is 10.9 Å². The van der Waals surface area contributed by atoms with E-state index in [1.807, 2.05) is 30.3 Å². The summed E-state index contributed by atoms with van der Waals surface area (Å²) in [6.07, 6.45) is 0. The van der Waals surface area contributed by atoms with Gasteiger partial charge in [0.1, 0.15) is 13.2 Å². The molecule has 3 rings (SSSR count). The van der Waals surface area contributed by atoms with Crippen molar-refractivity contribution in [1.82, 2.24) is 10.3 Å². The number of ether oxygens (including phenoxy) is 1. The standard InChI is InChI=1S/C17H13BrN2O4/c18-15-8-7-14(24-15)17(22)19-9-16(21)23-10-12-6-5-11-3-1-2-4-13(11)20-12/h1-8H,9-10H2,(H,19,22). The Kier molecular flexibility index (Phi) is 4.90. The Bertz CT molecular complexity index is 891. The maximum absolute atomic E-state index is 11.7. The van der Waals surface area contributed by atoms with Crippen molar-refractivity contribution in [3.63, 3.8) is 0 Å². The molecule has 122 valence electrons. The zero-order valence-electron chi connectivity index (χ0n) is 12.5. The number of esters is 1. The van der Waals surface area contributed by atoms with E-state index < -0.39 is 11.9 Å². The molecule has 1 N–H and O–H groups in total. The van der Waals surface area contributed by atoms with Crippen molar-refractivity contribution in [2.75, 3.05) is 6.54 Å². The molecule has 2 heterocycles. The van der Waals surface area contributed by atoms with E-state index in [2.05, 4.69) is 26.2 Å². The molecule has 24 heavy (non-hydrogen) atoms. The first-order valence-corrected chi connectivity index (χ1v) is 7.95. The van der Waals surface area contributed by atoms with E-state index in [9.17, 15) is 9.59 Å². The number of furan rings is 1. The van der Waals surface area contributed by atoms with Crippen molar-refractivity contribution >= 4 is 38.7 Å². The van der Waals surface area contributed by atoms with Crippen LogP contribution in [0, 0.1) is 0 Å². The van der Waals surface area contributed by atoms with Crippen LogP contribution in [0.5, 0.6) is 0 Å². The average molecular weight is 389 g/mol. The second kappa shape index (κ2) is 7.27. The normalized spacial score (nSPS) is 10.5. The molecular weight excluding hydrogens is 376 g/mol. The summed E-state index contributed by atoms with van der Waals surface area (Å²) in [4.78, 5) is 27.9. The Morgan fingerprint density at radius 1 is 1.12 bits per heavy atom. The smallest absolute Gasteiger partial charge is 0.325 e. The van der Waals surface area contributed by atoms with Crippen molar-refractivity contribution in [2.24, 2.45) is 0 Å². The molecule has 0 unspecified atom stereocenters. The molecule has 0 aliphatic heterocycles. The summed E-state index contributed by atoms with van der Waals surface area (Å²) >= 11 is 3.10. The number of aromatic nitrogens is 1. The van der Waals surface area contributed by atoms with Crippen molar-refractivity contribution < 1.29 is 18.7 Å². The topological polar surface area (TPSA) is 81.4 Å². The van der Waals surface area contributed by atoms with E-state index in [-0.39, 0.29) is 18.9 Å². The summed E-state index contributed by atoms with van der Waals surface area (Å²) in [6, 6.07) is 14.5. The van der Waals surface area contributed by atoms with Crippen LogP contribution in [0.2, 0.25) is 0 Å². The number of nitrogens with one attached hydrogen (secondary N) is 1. The fourth-order valence-electron chi connectivity index (χ4n) is 2.07. The highest BCUT2D eigenvalue weighted by Crippen LogP contribution is 2.14. The molecule has 0 saturated heterocycles. The molecule has 0 radical (unpaired) electrons. The Morgan fingerprint density at radius 3 is 2.75 bits per heavy atom. The van der Waals surface area contributed by atoms with Gasteiger partial charge in [-0.1, -0.05) is 24.3 Å². The van der Waals surface area contributed by atoms with Crippen molar-refractivity contribution in [3.8, 4) is 0 Å². The molecule has 1 amide bonds. The molecule has 0 saturated carbocycles. The number of fused-ring (bicyclic) bond motifs is 1. The van der Waals surface area contributed by atoms with E-state index in [0.29, 0.717) is 10.4 Å². The Labute approximate surface area is 145 Å². The molecule has 0 spiro atoms. The number of para-hydroxylation sites is 1. The van der Waals surface area contributed by atoms with E-state index in [0.717, 1.165) is 10.9 Å². The van der Waals surface area contributed by atoms with Crippen LogP contribution in [-0.4, -0.2) is 23.4 Å². The second-order valence-electron chi connectivity index (χ2n) is 4.94. The summed E-state index contributed by atoms with van der Waals surface area (Å²) in [7, 11) is 0. The number of pyridine rings is 1. The number of halogens is 1. The minimum atomic E-state index is -0.552. The van der Waals surface area contributed by atoms with Crippen LogP contribution in [0.4, 0.5) is 0 Å². The lowest BCUT2D eigenvalue weighted by Gasteiger charge is -2.06. The Morgan fingerprint density at radius 2 is 1.96 bits per heavy atom. The van der Waals surface area contributed by atoms with Gasteiger partial charge in [0.15, 0.2) is 10.4 Å². The third-order valence-corrected chi connectivity index (χ3v) is 3.65. The zero-order valence-corrected chi connectivity index (χ0v) is 14.1. The maximum Gasteiger partial charge on any atom is 0.325 e. The fourth-order valence-corrected chi connectivity index (χ4v) is 2.38. The second-order valence-corrected chi connectivity index (χ2v) is 5.72. The molecule has 7 heteroatoms. The molecule has 0 aliphatic rings. The predicted molar refractivity (Wildman–Crippen MR) is 90.3 cm³/mol. The number of amides is 1. The summed E-state index contributed by atoms with van der Waals surface area (Å²) < 4.78 is 10.6. The summed E-state index contributed by atoms with van der Waals surface area (Å²) in [5.74, 6) is -0.920. The number of rotatable bonds is 5. The first-order valence-electron chi connectivity index (χ1n) is 7.15. The summed E-state index contributed by atoms with van der Waals surface area (Å²) in [5.41, 5.74) is 1.48. The SMILES string of the molecule is O=C(CNC(=O)c1ccc(Br)o1)OCc1ccc2ccccc2n1. The monoisotopic (exact) mass is 388 g/mol. The fraction of sp³-hybridized carbons (Fsp3) is 0.118. The minimum Gasteiger partial charge on any atom is -0.458 e. The van der Waals surface area contributed by atoms with Crippen LogP contribution >= 0.6 is 15.9 Å². The highest BCUT2D eigenvalue weighted by molar-refractivity contribution is 9.10. The Balaban J connectivity index is 1.50. The van der Waals surface area contributed by atoms with Gasteiger partial charge < -0.3 is 14.5 Å². The Hall–Kier alpha value is -2.67. The third kappa shape index (κ3) is 3.99. The molecule has 2 aromatic heterocycles. The molecule has 6 nitrogen and oxygen atoms in total. The third-order valence-electron chi connectivity index (χ3n) is 3.23. The van der Waals surface area contributed by atoms with Gasteiger partial charge >= 0.3 is 5.97 Å². The van der Waals surface area contributed by atoms with Gasteiger partial charge in [-0.05, 0) is 40.2 Å². The van der Waals surface area contributed by atoms with Crippen molar-refractivity contribution in [2.45, 2.75) is 6.61 Å². The number of hydrogen-bond acceptors (Lipinski definition) is 5. The lowest BCUT2D eigenvalue weighted by atomic mass is 10.2. The van der Waals surface area contributed by atoms with Gasteiger partial charge in [0.2, 0.25) is 0 Å². The van der Waals surface area contributed by atoms with Crippen LogP contribution in [0.3, 0.4) is 0 Å². The van der Waals surface area contributed by atoms with E-state index in [1.165, 1.54) is 6.07 Å². The first-order chi connectivity index (χ1) is 11.6. The van der Waals surface area contributed by atoms with E-state index in [4.69, 9.17) is 9.15 Å². The maximum atomic E-state index is 11.7. The van der Waals surface area contributed by atoms with Crippen molar-refractivity contribution in [1.29, 1.82) is 0 Å². The lowest BCUT2D eigenvalue weighted by Crippen LogP contribution is -2.30. The minimum absolute atomic E-state index is 0.0475. The molecule has 0 atom stereocenters. The van der Waals surface area contributed by atoms with E-state index in [1.54, 1.807) is 12.1 Å². The largest absolute Gasteiger partial charge is 0.458 e.